The van der Waals surface area contributed by atoms with Crippen molar-refractivity contribution in [1.82, 2.24) is 10.1 Å². The van der Waals surface area contributed by atoms with Crippen LogP contribution in [0.3, 0.4) is 0 Å². The molecule has 2 N–H and O–H groups in total. The van der Waals surface area contributed by atoms with Crippen molar-refractivity contribution < 1.29 is 9.32 Å². The van der Waals surface area contributed by atoms with E-state index in [-0.39, 0.29) is 5.91 Å². The summed E-state index contributed by atoms with van der Waals surface area (Å²) in [6, 6.07) is 9.93. The first-order chi connectivity index (χ1) is 10.6. The van der Waals surface area contributed by atoms with Crippen LogP contribution < -0.4 is 5.73 Å². The van der Waals surface area contributed by atoms with Gasteiger partial charge >= 0.3 is 0 Å². The maximum absolute atomic E-state index is 12.4. The van der Waals surface area contributed by atoms with Gasteiger partial charge in [0.15, 0.2) is 0 Å². The van der Waals surface area contributed by atoms with E-state index in [1.165, 1.54) is 5.56 Å². The Labute approximate surface area is 130 Å². The van der Waals surface area contributed by atoms with Crippen molar-refractivity contribution in [2.45, 2.75) is 32.1 Å². The Balaban J connectivity index is 1.54. The van der Waals surface area contributed by atoms with E-state index in [9.17, 15) is 4.79 Å². The summed E-state index contributed by atoms with van der Waals surface area (Å²) in [7, 11) is 0. The van der Waals surface area contributed by atoms with Gasteiger partial charge in [-0.1, -0.05) is 35.0 Å². The lowest BCUT2D eigenvalue weighted by molar-refractivity contribution is -0.131. The van der Waals surface area contributed by atoms with Crippen molar-refractivity contribution in [3.8, 4) is 0 Å². The number of aromatic nitrogens is 1. The van der Waals surface area contributed by atoms with E-state index in [4.69, 9.17) is 10.3 Å². The first-order valence-electron chi connectivity index (χ1n) is 7.67. The topological polar surface area (TPSA) is 72.4 Å². The molecule has 1 aromatic heterocycles. The first kappa shape index (κ1) is 14.6. The van der Waals surface area contributed by atoms with Crippen molar-refractivity contribution in [3.05, 3.63) is 47.2 Å². The number of anilines is 1. The molecule has 1 saturated heterocycles. The molecule has 0 spiro atoms. The van der Waals surface area contributed by atoms with Crippen LogP contribution in [0.2, 0.25) is 0 Å². The number of likely N-dealkylation sites (tertiary alicyclic amines) is 1. The highest BCUT2D eigenvalue weighted by molar-refractivity contribution is 5.78. The van der Waals surface area contributed by atoms with Crippen molar-refractivity contribution in [2.75, 3.05) is 18.8 Å². The number of piperidine rings is 1. The number of carbonyl (C=O) groups is 1. The molecule has 3 rings (SSSR count). The predicted molar refractivity (Wildman–Crippen MR) is 84.4 cm³/mol. The Bertz CT molecular complexity index is 640. The quantitative estimate of drug-likeness (QED) is 0.945. The van der Waals surface area contributed by atoms with Crippen LogP contribution in [-0.4, -0.2) is 29.1 Å². The number of aryl methyl sites for hydroxylation is 1. The Kier molecular flexibility index (Phi) is 4.13. The molecule has 0 unspecified atom stereocenters. The van der Waals surface area contributed by atoms with Gasteiger partial charge in [-0.3, -0.25) is 4.79 Å². The second-order valence-electron chi connectivity index (χ2n) is 5.97. The van der Waals surface area contributed by atoms with Crippen molar-refractivity contribution in [3.63, 3.8) is 0 Å². The molecule has 0 radical (unpaired) electrons. The number of nitrogen functional groups attached to an aromatic ring is 1. The number of hydrogen-bond acceptors (Lipinski definition) is 4. The second-order valence-corrected chi connectivity index (χ2v) is 5.97. The third-order valence-corrected chi connectivity index (χ3v) is 4.29. The van der Waals surface area contributed by atoms with E-state index in [0.717, 1.165) is 37.2 Å². The summed E-state index contributed by atoms with van der Waals surface area (Å²) in [5, 5.41) is 3.98. The summed E-state index contributed by atoms with van der Waals surface area (Å²) in [6.07, 6.45) is 2.29. The fourth-order valence-electron chi connectivity index (χ4n) is 2.91. The van der Waals surface area contributed by atoms with Crippen LogP contribution in [0.4, 0.5) is 5.88 Å². The highest BCUT2D eigenvalue weighted by Gasteiger charge is 2.25. The van der Waals surface area contributed by atoms with Crippen molar-refractivity contribution >= 4 is 11.8 Å². The van der Waals surface area contributed by atoms with E-state index in [1.807, 2.05) is 36.1 Å². The molecule has 5 nitrogen and oxygen atoms in total. The van der Waals surface area contributed by atoms with E-state index in [0.29, 0.717) is 18.2 Å². The number of rotatable bonds is 3. The summed E-state index contributed by atoms with van der Waals surface area (Å²) < 4.78 is 4.93. The van der Waals surface area contributed by atoms with E-state index in [1.54, 1.807) is 6.07 Å². The van der Waals surface area contributed by atoms with Gasteiger partial charge in [0, 0.05) is 25.1 Å². The standard InChI is InChI=1S/C17H21N3O2/c1-12-2-4-13(5-3-12)10-17(21)20-8-6-14(7-9-20)15-11-16(18)22-19-15/h2-5,11,14H,6-10,18H2,1H3. The Morgan fingerprint density at radius 1 is 1.32 bits per heavy atom. The summed E-state index contributed by atoms with van der Waals surface area (Å²) in [5.41, 5.74) is 8.75. The summed E-state index contributed by atoms with van der Waals surface area (Å²) in [5.74, 6) is 0.888. The number of hydrogen-bond donors (Lipinski definition) is 1. The number of nitrogens with zero attached hydrogens (tertiary/aromatic N) is 2. The lowest BCUT2D eigenvalue weighted by Crippen LogP contribution is -2.38. The Hall–Kier alpha value is -2.30. The van der Waals surface area contributed by atoms with Gasteiger partial charge < -0.3 is 15.2 Å². The van der Waals surface area contributed by atoms with Crippen LogP contribution in [0.1, 0.15) is 35.6 Å². The highest BCUT2D eigenvalue weighted by atomic mass is 16.5. The number of nitrogens with two attached hydrogens (primary N) is 1. The minimum absolute atomic E-state index is 0.196. The number of benzene rings is 1. The normalized spacial score (nSPS) is 16.0. The zero-order valence-electron chi connectivity index (χ0n) is 12.8. The van der Waals surface area contributed by atoms with E-state index in [2.05, 4.69) is 5.16 Å². The second kappa shape index (κ2) is 6.22. The molecule has 1 aliphatic heterocycles. The fraction of sp³-hybridized carbons (Fsp3) is 0.412. The largest absolute Gasteiger partial charge is 0.368 e. The van der Waals surface area contributed by atoms with Crippen LogP contribution in [0.15, 0.2) is 34.9 Å². The zero-order valence-corrected chi connectivity index (χ0v) is 12.8. The van der Waals surface area contributed by atoms with Gasteiger partial charge in [0.25, 0.3) is 0 Å². The molecule has 2 aromatic rings. The van der Waals surface area contributed by atoms with Crippen LogP contribution in [0, 0.1) is 6.92 Å². The fourth-order valence-corrected chi connectivity index (χ4v) is 2.91. The predicted octanol–water partition coefficient (Wildman–Crippen LogP) is 2.51. The minimum Gasteiger partial charge on any atom is -0.368 e. The lowest BCUT2D eigenvalue weighted by atomic mass is 9.93. The molecule has 0 atom stereocenters. The third-order valence-electron chi connectivity index (χ3n) is 4.29. The molecular weight excluding hydrogens is 278 g/mol. The Morgan fingerprint density at radius 3 is 2.59 bits per heavy atom. The average Bonchev–Trinajstić information content (AvgIpc) is 2.96. The molecule has 1 fully saturated rings. The van der Waals surface area contributed by atoms with Gasteiger partial charge in [0.2, 0.25) is 11.8 Å². The average molecular weight is 299 g/mol. The maximum atomic E-state index is 12.4. The van der Waals surface area contributed by atoms with Gasteiger partial charge in [-0.05, 0) is 25.3 Å². The van der Waals surface area contributed by atoms with Crippen LogP contribution in [-0.2, 0) is 11.2 Å². The van der Waals surface area contributed by atoms with E-state index < -0.39 is 0 Å². The SMILES string of the molecule is Cc1ccc(CC(=O)N2CCC(c3cc(N)on3)CC2)cc1. The van der Waals surface area contributed by atoms with Gasteiger partial charge in [-0.15, -0.1) is 0 Å². The van der Waals surface area contributed by atoms with Crippen LogP contribution in [0.25, 0.3) is 0 Å². The van der Waals surface area contributed by atoms with Gasteiger partial charge in [-0.2, -0.15) is 0 Å². The molecule has 5 heteroatoms. The minimum atomic E-state index is 0.196. The molecule has 22 heavy (non-hydrogen) atoms. The molecule has 116 valence electrons. The van der Waals surface area contributed by atoms with Crippen LogP contribution in [0.5, 0.6) is 0 Å². The molecule has 0 aliphatic carbocycles. The third kappa shape index (κ3) is 3.30. The van der Waals surface area contributed by atoms with Crippen molar-refractivity contribution in [1.29, 1.82) is 0 Å². The van der Waals surface area contributed by atoms with Gasteiger partial charge in [0.05, 0.1) is 12.1 Å². The zero-order chi connectivity index (χ0) is 15.5. The molecule has 0 bridgehead atoms. The molecule has 1 aromatic carbocycles. The van der Waals surface area contributed by atoms with E-state index >= 15 is 0 Å². The van der Waals surface area contributed by atoms with Gasteiger partial charge in [0.1, 0.15) is 0 Å². The van der Waals surface area contributed by atoms with Gasteiger partial charge in [-0.25, -0.2) is 0 Å². The molecule has 1 amide bonds. The highest BCUT2D eigenvalue weighted by Crippen LogP contribution is 2.28. The molecule has 0 saturated carbocycles. The smallest absolute Gasteiger partial charge is 0.226 e. The molecule has 1 aliphatic rings. The summed E-state index contributed by atoms with van der Waals surface area (Å²) in [6.45, 7) is 3.58. The van der Waals surface area contributed by atoms with Crippen LogP contribution >= 0.6 is 0 Å². The maximum Gasteiger partial charge on any atom is 0.226 e. The summed E-state index contributed by atoms with van der Waals surface area (Å²) in [4.78, 5) is 14.3. The monoisotopic (exact) mass is 299 g/mol. The number of carbonyl (C=O) groups excluding carboxylic acids is 1. The Morgan fingerprint density at radius 2 is 2.00 bits per heavy atom. The summed E-state index contributed by atoms with van der Waals surface area (Å²) >= 11 is 0. The lowest BCUT2D eigenvalue weighted by Gasteiger charge is -2.31. The molecule has 2 heterocycles. The van der Waals surface area contributed by atoms with Crippen molar-refractivity contribution in [2.24, 2.45) is 0 Å². The first-order valence-corrected chi connectivity index (χ1v) is 7.67. The number of amides is 1. The molecular formula is C17H21N3O2.